The van der Waals surface area contributed by atoms with Crippen LogP contribution in [0.5, 0.6) is 0 Å². The highest BCUT2D eigenvalue weighted by Gasteiger charge is 2.23. The van der Waals surface area contributed by atoms with E-state index in [-0.39, 0.29) is 15.5 Å². The van der Waals surface area contributed by atoms with Crippen LogP contribution in [0, 0.1) is 11.6 Å². The first-order valence-electron chi connectivity index (χ1n) is 7.24. The van der Waals surface area contributed by atoms with Crippen molar-refractivity contribution in [1.82, 2.24) is 4.90 Å². The Bertz CT molecular complexity index is 914. The molecule has 0 fully saturated rings. The number of hydrogen-bond acceptors (Lipinski definition) is 3. The van der Waals surface area contributed by atoms with Gasteiger partial charge in [0.25, 0.3) is 5.91 Å². The predicted octanol–water partition coefficient (Wildman–Crippen LogP) is 3.85. The highest BCUT2D eigenvalue weighted by Crippen LogP contribution is 2.26. The van der Waals surface area contributed by atoms with E-state index < -0.39 is 33.4 Å². The van der Waals surface area contributed by atoms with E-state index in [2.05, 4.69) is 0 Å². The Morgan fingerprint density at radius 1 is 1.12 bits per heavy atom. The molecule has 2 rings (SSSR count). The standard InChI is InChI=1S/C17H16ClF2NO3S/c1-10(11-4-6-12(7-5-11)25(3,23)24)21(2)17(22)13-8-15(19)16(20)9-14(13)18/h4-10H,1-3H3. The van der Waals surface area contributed by atoms with Crippen LogP contribution in [0.25, 0.3) is 0 Å². The molecule has 4 nitrogen and oxygen atoms in total. The second-order valence-electron chi connectivity index (χ2n) is 5.68. The molecule has 0 aliphatic rings. The lowest BCUT2D eigenvalue weighted by Gasteiger charge is -2.26. The number of amides is 1. The van der Waals surface area contributed by atoms with Gasteiger partial charge in [0.15, 0.2) is 21.5 Å². The molecule has 0 aliphatic carbocycles. The topological polar surface area (TPSA) is 54.5 Å². The monoisotopic (exact) mass is 387 g/mol. The van der Waals surface area contributed by atoms with Crippen LogP contribution in [0.3, 0.4) is 0 Å². The molecule has 0 radical (unpaired) electrons. The number of carbonyl (C=O) groups excluding carboxylic acids is 1. The lowest BCUT2D eigenvalue weighted by molar-refractivity contribution is 0.0742. The lowest BCUT2D eigenvalue weighted by atomic mass is 10.1. The van der Waals surface area contributed by atoms with Crippen molar-refractivity contribution in [3.05, 3.63) is 64.2 Å². The molecule has 0 aliphatic heterocycles. The fourth-order valence-corrected chi connectivity index (χ4v) is 3.13. The first kappa shape index (κ1) is 19.3. The minimum absolute atomic E-state index is 0.150. The summed E-state index contributed by atoms with van der Waals surface area (Å²) in [5, 5.41) is -0.185. The van der Waals surface area contributed by atoms with Crippen molar-refractivity contribution in [3.8, 4) is 0 Å². The summed E-state index contributed by atoms with van der Waals surface area (Å²) >= 11 is 5.84. The van der Waals surface area contributed by atoms with Crippen molar-refractivity contribution < 1.29 is 22.0 Å². The number of rotatable bonds is 4. The van der Waals surface area contributed by atoms with Crippen molar-refractivity contribution in [2.45, 2.75) is 17.9 Å². The second-order valence-corrected chi connectivity index (χ2v) is 8.10. The minimum atomic E-state index is -3.31. The molecule has 2 aromatic carbocycles. The summed E-state index contributed by atoms with van der Waals surface area (Å²) in [6, 6.07) is 7.16. The van der Waals surface area contributed by atoms with Crippen LogP contribution in [-0.4, -0.2) is 32.5 Å². The van der Waals surface area contributed by atoms with Gasteiger partial charge in [-0.25, -0.2) is 17.2 Å². The summed E-state index contributed by atoms with van der Waals surface area (Å²) in [6.07, 6.45) is 1.10. The zero-order valence-corrected chi connectivity index (χ0v) is 15.3. The van der Waals surface area contributed by atoms with Crippen molar-refractivity contribution in [1.29, 1.82) is 0 Å². The lowest BCUT2D eigenvalue weighted by Crippen LogP contribution is -2.30. The van der Waals surface area contributed by atoms with Crippen LogP contribution >= 0.6 is 11.6 Å². The number of sulfone groups is 1. The Morgan fingerprint density at radius 2 is 1.64 bits per heavy atom. The Hall–Kier alpha value is -1.99. The van der Waals surface area contributed by atoms with E-state index in [1.165, 1.54) is 24.1 Å². The summed E-state index contributed by atoms with van der Waals surface area (Å²) in [4.78, 5) is 14.0. The van der Waals surface area contributed by atoms with Gasteiger partial charge in [-0.15, -0.1) is 0 Å². The van der Waals surface area contributed by atoms with Crippen molar-refractivity contribution in [2.75, 3.05) is 13.3 Å². The van der Waals surface area contributed by atoms with Gasteiger partial charge >= 0.3 is 0 Å². The molecule has 2 aromatic rings. The van der Waals surface area contributed by atoms with Crippen molar-refractivity contribution >= 4 is 27.3 Å². The fourth-order valence-electron chi connectivity index (χ4n) is 2.27. The van der Waals surface area contributed by atoms with Crippen molar-refractivity contribution in [3.63, 3.8) is 0 Å². The maximum Gasteiger partial charge on any atom is 0.255 e. The molecular formula is C17H16ClF2NO3S. The van der Waals surface area contributed by atoms with Gasteiger partial charge in [-0.2, -0.15) is 0 Å². The molecule has 0 saturated carbocycles. The van der Waals surface area contributed by atoms with Crippen LogP contribution in [0.15, 0.2) is 41.3 Å². The van der Waals surface area contributed by atoms with Gasteiger partial charge < -0.3 is 4.90 Å². The molecule has 134 valence electrons. The van der Waals surface area contributed by atoms with Crippen LogP contribution in [0.4, 0.5) is 8.78 Å². The van der Waals surface area contributed by atoms with Gasteiger partial charge in [0.1, 0.15) is 0 Å². The summed E-state index contributed by atoms with van der Waals surface area (Å²) in [7, 11) is -1.82. The van der Waals surface area contributed by atoms with Crippen LogP contribution in [-0.2, 0) is 9.84 Å². The van der Waals surface area contributed by atoms with Crippen molar-refractivity contribution in [2.24, 2.45) is 0 Å². The highest BCUT2D eigenvalue weighted by atomic mass is 35.5. The first-order chi connectivity index (χ1) is 11.5. The Labute approximate surface area is 149 Å². The molecule has 0 heterocycles. The van der Waals surface area contributed by atoms with E-state index in [4.69, 9.17) is 11.6 Å². The average Bonchev–Trinajstić information content (AvgIpc) is 2.55. The quantitative estimate of drug-likeness (QED) is 0.749. The van der Waals surface area contributed by atoms with Crippen LogP contribution < -0.4 is 0 Å². The third-order valence-electron chi connectivity index (χ3n) is 3.93. The number of halogens is 3. The maximum absolute atomic E-state index is 13.4. The Morgan fingerprint density at radius 3 is 2.16 bits per heavy atom. The first-order valence-corrected chi connectivity index (χ1v) is 9.51. The van der Waals surface area contributed by atoms with Gasteiger partial charge in [-0.05, 0) is 36.8 Å². The summed E-state index contributed by atoms with van der Waals surface area (Å²) < 4.78 is 49.5. The summed E-state index contributed by atoms with van der Waals surface area (Å²) in [5.41, 5.74) is 0.532. The summed E-state index contributed by atoms with van der Waals surface area (Å²) in [5.74, 6) is -2.87. The van der Waals surface area contributed by atoms with E-state index in [0.717, 1.165) is 18.4 Å². The van der Waals surface area contributed by atoms with E-state index in [9.17, 15) is 22.0 Å². The molecular weight excluding hydrogens is 372 g/mol. The SMILES string of the molecule is CC(c1ccc(S(C)(=O)=O)cc1)N(C)C(=O)c1cc(F)c(F)cc1Cl. The molecule has 0 aromatic heterocycles. The minimum Gasteiger partial charge on any atom is -0.335 e. The van der Waals surface area contributed by atoms with Gasteiger partial charge in [-0.1, -0.05) is 23.7 Å². The number of hydrogen-bond donors (Lipinski definition) is 0. The van der Waals surface area contributed by atoms with Gasteiger partial charge in [0.2, 0.25) is 0 Å². The highest BCUT2D eigenvalue weighted by molar-refractivity contribution is 7.90. The maximum atomic E-state index is 13.4. The zero-order valence-electron chi connectivity index (χ0n) is 13.8. The normalized spacial score (nSPS) is 12.7. The van der Waals surface area contributed by atoms with E-state index >= 15 is 0 Å². The molecule has 0 saturated heterocycles. The third-order valence-corrected chi connectivity index (χ3v) is 5.37. The Balaban J connectivity index is 2.29. The van der Waals surface area contributed by atoms with E-state index in [0.29, 0.717) is 5.56 Å². The zero-order chi connectivity index (χ0) is 18.9. The fraction of sp³-hybridized carbons (Fsp3) is 0.235. The van der Waals surface area contributed by atoms with Crippen LogP contribution in [0.2, 0.25) is 5.02 Å². The predicted molar refractivity (Wildman–Crippen MR) is 91.4 cm³/mol. The molecule has 25 heavy (non-hydrogen) atoms. The number of nitrogens with zero attached hydrogens (tertiary/aromatic N) is 1. The van der Waals surface area contributed by atoms with Gasteiger partial charge in [0, 0.05) is 13.3 Å². The molecule has 0 bridgehead atoms. The van der Waals surface area contributed by atoms with E-state index in [1.54, 1.807) is 19.1 Å². The summed E-state index contributed by atoms with van der Waals surface area (Å²) in [6.45, 7) is 1.72. The molecule has 1 amide bonds. The van der Waals surface area contributed by atoms with E-state index in [1.807, 2.05) is 0 Å². The van der Waals surface area contributed by atoms with Crippen LogP contribution in [0.1, 0.15) is 28.9 Å². The third kappa shape index (κ3) is 4.16. The Kier molecular flexibility index (Phi) is 5.49. The molecule has 0 N–H and O–H groups in total. The smallest absolute Gasteiger partial charge is 0.255 e. The molecule has 0 spiro atoms. The van der Waals surface area contributed by atoms with Gasteiger partial charge in [-0.3, -0.25) is 4.79 Å². The molecule has 1 unspecified atom stereocenters. The number of carbonyl (C=O) groups is 1. The van der Waals surface area contributed by atoms with Gasteiger partial charge in [0.05, 0.1) is 21.5 Å². The number of benzene rings is 2. The average molecular weight is 388 g/mol. The second kappa shape index (κ2) is 7.09. The molecule has 8 heteroatoms. The molecule has 1 atom stereocenters. The largest absolute Gasteiger partial charge is 0.335 e.